The molecule has 2 N–H and O–H groups in total. The Bertz CT molecular complexity index is 601. The minimum atomic E-state index is -0.405. The largest absolute Gasteiger partial charge is 0.481 e. The van der Waals surface area contributed by atoms with E-state index in [0.717, 1.165) is 11.1 Å². The molecule has 0 saturated heterocycles. The van der Waals surface area contributed by atoms with Crippen LogP contribution in [0.15, 0.2) is 46.9 Å². The molecule has 0 aliphatic rings. The second kappa shape index (κ2) is 6.37. The van der Waals surface area contributed by atoms with Crippen LogP contribution in [0, 0.1) is 12.7 Å². The van der Waals surface area contributed by atoms with Crippen molar-refractivity contribution in [2.45, 2.75) is 26.0 Å². The van der Waals surface area contributed by atoms with Crippen LogP contribution in [0.4, 0.5) is 4.39 Å². The van der Waals surface area contributed by atoms with Crippen LogP contribution in [0.5, 0.6) is 5.75 Å². The van der Waals surface area contributed by atoms with Crippen LogP contribution in [0.1, 0.15) is 24.2 Å². The average Bonchev–Trinajstić information content (AvgIpc) is 2.37. The molecule has 0 amide bonds. The third-order valence-corrected chi connectivity index (χ3v) is 3.49. The Morgan fingerprint density at radius 3 is 2.55 bits per heavy atom. The summed E-state index contributed by atoms with van der Waals surface area (Å²) in [5.41, 5.74) is 8.06. The van der Waals surface area contributed by atoms with Crippen LogP contribution in [-0.2, 0) is 0 Å². The first-order chi connectivity index (χ1) is 9.47. The zero-order valence-corrected chi connectivity index (χ0v) is 13.0. The predicted octanol–water partition coefficient (Wildman–Crippen LogP) is 4.36. The zero-order chi connectivity index (χ0) is 14.7. The lowest BCUT2D eigenvalue weighted by Crippen LogP contribution is -2.29. The van der Waals surface area contributed by atoms with Crippen molar-refractivity contribution < 1.29 is 9.13 Å². The summed E-state index contributed by atoms with van der Waals surface area (Å²) in [6, 6.07) is 12.4. The summed E-state index contributed by atoms with van der Waals surface area (Å²) in [7, 11) is 0. The topological polar surface area (TPSA) is 35.2 Å². The standard InChI is InChI=1S/C16H17BrFNO/c1-10-4-3-5-12(8-10)16(11(2)19)20-15-7-6-13(17)9-14(15)18/h3-9,11,16H,19H2,1-2H3. The Morgan fingerprint density at radius 2 is 1.95 bits per heavy atom. The number of halogens is 2. The normalized spacial score (nSPS) is 13.8. The highest BCUT2D eigenvalue weighted by molar-refractivity contribution is 9.10. The van der Waals surface area contributed by atoms with Crippen LogP contribution in [0.3, 0.4) is 0 Å². The van der Waals surface area contributed by atoms with Gasteiger partial charge in [0.2, 0.25) is 0 Å². The van der Waals surface area contributed by atoms with Crippen molar-refractivity contribution in [2.24, 2.45) is 5.73 Å². The first-order valence-electron chi connectivity index (χ1n) is 6.41. The van der Waals surface area contributed by atoms with Crippen molar-refractivity contribution in [1.29, 1.82) is 0 Å². The minimum Gasteiger partial charge on any atom is -0.481 e. The van der Waals surface area contributed by atoms with Crippen LogP contribution in [0.2, 0.25) is 0 Å². The van der Waals surface area contributed by atoms with E-state index >= 15 is 0 Å². The van der Waals surface area contributed by atoms with E-state index in [1.807, 2.05) is 38.1 Å². The summed E-state index contributed by atoms with van der Waals surface area (Å²) in [5, 5.41) is 0. The van der Waals surface area contributed by atoms with Gasteiger partial charge in [0.1, 0.15) is 6.10 Å². The van der Waals surface area contributed by atoms with Gasteiger partial charge in [-0.1, -0.05) is 45.8 Å². The van der Waals surface area contributed by atoms with Gasteiger partial charge >= 0.3 is 0 Å². The van der Waals surface area contributed by atoms with E-state index in [1.54, 1.807) is 12.1 Å². The zero-order valence-electron chi connectivity index (χ0n) is 11.4. The highest BCUT2D eigenvalue weighted by Gasteiger charge is 2.20. The molecule has 2 aromatic carbocycles. The smallest absolute Gasteiger partial charge is 0.166 e. The molecule has 0 aliphatic heterocycles. The second-order valence-electron chi connectivity index (χ2n) is 4.89. The SMILES string of the molecule is Cc1cccc(C(Oc2ccc(Br)cc2F)C(C)N)c1. The molecule has 2 unspecified atom stereocenters. The molecule has 2 nitrogen and oxygen atoms in total. The summed E-state index contributed by atoms with van der Waals surface area (Å²) in [4.78, 5) is 0. The number of hydrogen-bond acceptors (Lipinski definition) is 2. The van der Waals surface area contributed by atoms with E-state index in [0.29, 0.717) is 4.47 Å². The van der Waals surface area contributed by atoms with E-state index < -0.39 is 5.82 Å². The van der Waals surface area contributed by atoms with Gasteiger partial charge in [0.15, 0.2) is 11.6 Å². The Hall–Kier alpha value is -1.39. The van der Waals surface area contributed by atoms with Gasteiger partial charge < -0.3 is 10.5 Å². The molecule has 4 heteroatoms. The minimum absolute atomic E-state index is 0.206. The highest BCUT2D eigenvalue weighted by Crippen LogP contribution is 2.28. The molecular weight excluding hydrogens is 321 g/mol. The second-order valence-corrected chi connectivity index (χ2v) is 5.80. The monoisotopic (exact) mass is 337 g/mol. The fraction of sp³-hybridized carbons (Fsp3) is 0.250. The number of hydrogen-bond donors (Lipinski definition) is 1. The van der Waals surface area contributed by atoms with Crippen molar-refractivity contribution in [3.63, 3.8) is 0 Å². The lowest BCUT2D eigenvalue weighted by atomic mass is 10.0. The van der Waals surface area contributed by atoms with Crippen LogP contribution in [0.25, 0.3) is 0 Å². The summed E-state index contributed by atoms with van der Waals surface area (Å²) >= 11 is 3.23. The van der Waals surface area contributed by atoms with Crippen molar-refractivity contribution in [3.05, 3.63) is 63.9 Å². The average molecular weight is 338 g/mol. The maximum Gasteiger partial charge on any atom is 0.166 e. The molecule has 0 bridgehead atoms. The lowest BCUT2D eigenvalue weighted by Gasteiger charge is -2.23. The highest BCUT2D eigenvalue weighted by atomic mass is 79.9. The molecular formula is C16H17BrFNO. The summed E-state index contributed by atoms with van der Waals surface area (Å²) in [6.45, 7) is 3.85. The van der Waals surface area contributed by atoms with Crippen molar-refractivity contribution in [2.75, 3.05) is 0 Å². The molecule has 0 spiro atoms. The Kier molecular flexibility index (Phi) is 4.78. The first kappa shape index (κ1) is 15.0. The quantitative estimate of drug-likeness (QED) is 0.899. The number of aryl methyl sites for hydroxylation is 1. The van der Waals surface area contributed by atoms with E-state index in [-0.39, 0.29) is 17.9 Å². The van der Waals surface area contributed by atoms with E-state index in [1.165, 1.54) is 6.07 Å². The summed E-state index contributed by atoms with van der Waals surface area (Å²) in [5.74, 6) is -0.199. The Labute approximate surface area is 126 Å². The van der Waals surface area contributed by atoms with E-state index in [2.05, 4.69) is 15.9 Å². The third kappa shape index (κ3) is 3.58. The third-order valence-electron chi connectivity index (χ3n) is 3.00. The molecule has 2 rings (SSSR count). The Balaban J connectivity index is 2.30. The molecule has 20 heavy (non-hydrogen) atoms. The summed E-state index contributed by atoms with van der Waals surface area (Å²) < 4.78 is 20.3. The van der Waals surface area contributed by atoms with Gasteiger partial charge in [-0.05, 0) is 37.6 Å². The predicted molar refractivity (Wildman–Crippen MR) is 82.3 cm³/mol. The molecule has 0 heterocycles. The van der Waals surface area contributed by atoms with Crippen LogP contribution < -0.4 is 10.5 Å². The Morgan fingerprint density at radius 1 is 1.20 bits per heavy atom. The van der Waals surface area contributed by atoms with Crippen LogP contribution in [-0.4, -0.2) is 6.04 Å². The molecule has 2 atom stereocenters. The lowest BCUT2D eigenvalue weighted by molar-refractivity contribution is 0.172. The molecule has 0 fully saturated rings. The van der Waals surface area contributed by atoms with E-state index in [9.17, 15) is 4.39 Å². The first-order valence-corrected chi connectivity index (χ1v) is 7.20. The van der Waals surface area contributed by atoms with Gasteiger partial charge in [-0.2, -0.15) is 0 Å². The van der Waals surface area contributed by atoms with Gasteiger partial charge in [-0.15, -0.1) is 0 Å². The molecule has 0 aromatic heterocycles. The van der Waals surface area contributed by atoms with Gasteiger partial charge in [0.05, 0.1) is 0 Å². The maximum absolute atomic E-state index is 13.9. The van der Waals surface area contributed by atoms with Gasteiger partial charge in [-0.25, -0.2) is 4.39 Å². The van der Waals surface area contributed by atoms with Gasteiger partial charge in [-0.3, -0.25) is 0 Å². The molecule has 0 aliphatic carbocycles. The fourth-order valence-corrected chi connectivity index (χ4v) is 2.37. The van der Waals surface area contributed by atoms with Crippen molar-refractivity contribution >= 4 is 15.9 Å². The van der Waals surface area contributed by atoms with Crippen molar-refractivity contribution in [1.82, 2.24) is 0 Å². The van der Waals surface area contributed by atoms with Gasteiger partial charge in [0.25, 0.3) is 0 Å². The van der Waals surface area contributed by atoms with Gasteiger partial charge in [0, 0.05) is 10.5 Å². The number of rotatable bonds is 4. The molecule has 0 radical (unpaired) electrons. The number of nitrogens with two attached hydrogens (primary N) is 1. The van der Waals surface area contributed by atoms with Crippen molar-refractivity contribution in [3.8, 4) is 5.75 Å². The van der Waals surface area contributed by atoms with Crippen LogP contribution >= 0.6 is 15.9 Å². The fourth-order valence-electron chi connectivity index (χ4n) is 2.03. The number of ether oxygens (including phenoxy) is 1. The van der Waals surface area contributed by atoms with E-state index in [4.69, 9.17) is 10.5 Å². The molecule has 106 valence electrons. The molecule has 0 saturated carbocycles. The number of benzene rings is 2. The maximum atomic E-state index is 13.9. The molecule has 2 aromatic rings. The summed E-state index contributed by atoms with van der Waals surface area (Å²) in [6.07, 6.45) is -0.384.